The maximum Gasteiger partial charge on any atom is 0.0710 e. The average molecular weight is 433 g/mol. The molecule has 3 aliphatic rings. The number of rotatable bonds is 13. The smallest absolute Gasteiger partial charge is 0.0710 e. The molecule has 3 saturated carbocycles. The molecule has 3 fully saturated rings. The van der Waals surface area contributed by atoms with Crippen LogP contribution in [0.25, 0.3) is 0 Å². The first-order chi connectivity index (χ1) is 15.3. The second kappa shape index (κ2) is 14.3. The molecule has 0 bridgehead atoms. The quantitative estimate of drug-likeness (QED) is 0.263. The van der Waals surface area contributed by atoms with Crippen molar-refractivity contribution >= 4 is 0 Å². The summed E-state index contributed by atoms with van der Waals surface area (Å²) in [5.41, 5.74) is 0.272. The summed E-state index contributed by atoms with van der Waals surface area (Å²) in [6.07, 6.45) is 32.1. The molecule has 0 spiro atoms. The van der Waals surface area contributed by atoms with Gasteiger partial charge in [-0.2, -0.15) is 0 Å². The molecule has 0 saturated heterocycles. The second-order valence-corrected chi connectivity index (χ2v) is 11.9. The number of hydrogen-bond donors (Lipinski definition) is 0. The van der Waals surface area contributed by atoms with Crippen molar-refractivity contribution in [2.45, 2.75) is 161 Å². The Kier molecular flexibility index (Phi) is 11.8. The normalized spacial score (nSPS) is 31.5. The zero-order chi connectivity index (χ0) is 21.8. The third-order valence-corrected chi connectivity index (χ3v) is 9.55. The molecule has 0 aromatic rings. The topological polar surface area (TPSA) is 9.23 Å². The standard InChI is InChI=1S/C30H56O/c1-3-5-6-7-9-12-26-13-15-27(16-14-26)17-18-28-19-21-29(22-20-28)30(31-25-4-2)23-10-8-11-24-30/h26-29H,3-25H2,1-2H3. The molecular weight excluding hydrogens is 376 g/mol. The monoisotopic (exact) mass is 432 g/mol. The Hall–Kier alpha value is -0.0400. The Morgan fingerprint density at radius 1 is 0.581 bits per heavy atom. The zero-order valence-corrected chi connectivity index (χ0v) is 21.5. The van der Waals surface area contributed by atoms with Crippen molar-refractivity contribution in [3.8, 4) is 0 Å². The first-order valence-electron chi connectivity index (χ1n) is 14.9. The number of hydrogen-bond acceptors (Lipinski definition) is 1. The molecular formula is C30H56O. The lowest BCUT2D eigenvalue weighted by Gasteiger charge is -2.46. The fraction of sp³-hybridized carbons (Fsp3) is 1.00. The van der Waals surface area contributed by atoms with Crippen molar-refractivity contribution in [2.24, 2.45) is 23.7 Å². The van der Waals surface area contributed by atoms with Gasteiger partial charge in [-0.25, -0.2) is 0 Å². The van der Waals surface area contributed by atoms with Crippen LogP contribution in [0.15, 0.2) is 0 Å². The molecule has 3 aliphatic carbocycles. The summed E-state index contributed by atoms with van der Waals surface area (Å²) >= 11 is 0. The predicted molar refractivity (Wildman–Crippen MR) is 136 cm³/mol. The minimum Gasteiger partial charge on any atom is -0.375 e. The van der Waals surface area contributed by atoms with Crippen molar-refractivity contribution < 1.29 is 4.74 Å². The number of ether oxygens (including phenoxy) is 1. The maximum absolute atomic E-state index is 6.61. The molecule has 31 heavy (non-hydrogen) atoms. The zero-order valence-electron chi connectivity index (χ0n) is 21.5. The molecule has 0 aliphatic heterocycles. The average Bonchev–Trinajstić information content (AvgIpc) is 2.83. The lowest BCUT2D eigenvalue weighted by Crippen LogP contribution is -2.44. The molecule has 0 unspecified atom stereocenters. The van der Waals surface area contributed by atoms with Crippen molar-refractivity contribution in [3.63, 3.8) is 0 Å². The largest absolute Gasteiger partial charge is 0.375 e. The molecule has 0 radical (unpaired) electrons. The van der Waals surface area contributed by atoms with E-state index in [-0.39, 0.29) is 5.60 Å². The lowest BCUT2D eigenvalue weighted by molar-refractivity contribution is -0.121. The van der Waals surface area contributed by atoms with E-state index in [9.17, 15) is 0 Å². The minimum absolute atomic E-state index is 0.272. The Balaban J connectivity index is 1.29. The first kappa shape index (κ1) is 25.6. The summed E-state index contributed by atoms with van der Waals surface area (Å²) < 4.78 is 6.61. The molecule has 0 aromatic heterocycles. The Bertz CT molecular complexity index is 435. The van der Waals surface area contributed by atoms with Gasteiger partial charge in [-0.05, 0) is 55.8 Å². The van der Waals surface area contributed by atoms with Gasteiger partial charge >= 0.3 is 0 Å². The summed E-state index contributed by atoms with van der Waals surface area (Å²) in [6.45, 7) is 5.58. The van der Waals surface area contributed by atoms with Crippen LogP contribution in [-0.4, -0.2) is 12.2 Å². The molecule has 182 valence electrons. The molecule has 0 N–H and O–H groups in total. The van der Waals surface area contributed by atoms with E-state index >= 15 is 0 Å². The van der Waals surface area contributed by atoms with Crippen molar-refractivity contribution in [2.75, 3.05) is 6.61 Å². The number of unbranched alkanes of at least 4 members (excludes halogenated alkanes) is 4. The Morgan fingerprint density at radius 2 is 1.13 bits per heavy atom. The van der Waals surface area contributed by atoms with E-state index in [0.29, 0.717) is 0 Å². The molecule has 3 rings (SSSR count). The summed E-state index contributed by atoms with van der Waals surface area (Å²) in [6, 6.07) is 0. The van der Waals surface area contributed by atoms with Crippen molar-refractivity contribution in [3.05, 3.63) is 0 Å². The van der Waals surface area contributed by atoms with Gasteiger partial charge < -0.3 is 4.74 Å². The molecule has 0 heterocycles. The van der Waals surface area contributed by atoms with E-state index in [2.05, 4.69) is 13.8 Å². The molecule has 1 nitrogen and oxygen atoms in total. The molecule has 1 heteroatoms. The van der Waals surface area contributed by atoms with E-state index in [1.807, 2.05) is 0 Å². The van der Waals surface area contributed by atoms with E-state index in [1.165, 1.54) is 116 Å². The van der Waals surface area contributed by atoms with Crippen LogP contribution in [0.3, 0.4) is 0 Å². The van der Waals surface area contributed by atoms with Gasteiger partial charge in [-0.3, -0.25) is 0 Å². The van der Waals surface area contributed by atoms with Crippen LogP contribution in [0.1, 0.15) is 155 Å². The summed E-state index contributed by atoms with van der Waals surface area (Å²) in [4.78, 5) is 0. The highest BCUT2D eigenvalue weighted by molar-refractivity contribution is 4.93. The van der Waals surface area contributed by atoms with E-state index in [0.717, 1.165) is 30.3 Å². The van der Waals surface area contributed by atoms with Gasteiger partial charge in [0.1, 0.15) is 0 Å². The second-order valence-electron chi connectivity index (χ2n) is 11.9. The van der Waals surface area contributed by atoms with Gasteiger partial charge in [0.25, 0.3) is 0 Å². The van der Waals surface area contributed by atoms with Crippen LogP contribution < -0.4 is 0 Å². The highest BCUT2D eigenvalue weighted by atomic mass is 16.5. The highest BCUT2D eigenvalue weighted by Crippen LogP contribution is 2.46. The Labute approximate surface area is 195 Å². The van der Waals surface area contributed by atoms with Gasteiger partial charge in [0, 0.05) is 6.61 Å². The van der Waals surface area contributed by atoms with E-state index in [4.69, 9.17) is 4.74 Å². The van der Waals surface area contributed by atoms with Crippen LogP contribution in [0.4, 0.5) is 0 Å². The van der Waals surface area contributed by atoms with Crippen LogP contribution in [-0.2, 0) is 4.74 Å². The summed E-state index contributed by atoms with van der Waals surface area (Å²) in [5.74, 6) is 4.03. The van der Waals surface area contributed by atoms with Crippen molar-refractivity contribution in [1.29, 1.82) is 0 Å². The van der Waals surface area contributed by atoms with Gasteiger partial charge in [-0.1, -0.05) is 123 Å². The lowest BCUT2D eigenvalue weighted by atomic mass is 9.67. The highest BCUT2D eigenvalue weighted by Gasteiger charge is 2.42. The third-order valence-electron chi connectivity index (χ3n) is 9.55. The molecule has 0 atom stereocenters. The van der Waals surface area contributed by atoms with Crippen LogP contribution in [0.5, 0.6) is 0 Å². The molecule has 0 amide bonds. The van der Waals surface area contributed by atoms with Crippen LogP contribution in [0, 0.1) is 23.7 Å². The fourth-order valence-corrected chi connectivity index (χ4v) is 7.42. The van der Waals surface area contributed by atoms with E-state index in [1.54, 1.807) is 25.7 Å². The van der Waals surface area contributed by atoms with Crippen molar-refractivity contribution in [1.82, 2.24) is 0 Å². The minimum atomic E-state index is 0.272. The van der Waals surface area contributed by atoms with Crippen LogP contribution >= 0.6 is 0 Å². The summed E-state index contributed by atoms with van der Waals surface area (Å²) in [7, 11) is 0. The van der Waals surface area contributed by atoms with Gasteiger partial charge in [0.15, 0.2) is 0 Å². The van der Waals surface area contributed by atoms with Gasteiger partial charge in [0.05, 0.1) is 5.60 Å². The van der Waals surface area contributed by atoms with Gasteiger partial charge in [-0.15, -0.1) is 0 Å². The Morgan fingerprint density at radius 3 is 1.71 bits per heavy atom. The van der Waals surface area contributed by atoms with Gasteiger partial charge in [0.2, 0.25) is 0 Å². The SMILES string of the molecule is CCCCCCCC1CCC(CCC2CCC(C3(OCCC)CCCCC3)CC2)CC1. The molecule has 0 aromatic carbocycles. The van der Waals surface area contributed by atoms with E-state index < -0.39 is 0 Å². The first-order valence-corrected chi connectivity index (χ1v) is 14.9. The predicted octanol–water partition coefficient (Wildman–Crippen LogP) is 9.87. The third kappa shape index (κ3) is 8.35. The summed E-state index contributed by atoms with van der Waals surface area (Å²) in [5, 5.41) is 0. The fourth-order valence-electron chi connectivity index (χ4n) is 7.42. The van der Waals surface area contributed by atoms with Crippen LogP contribution in [0.2, 0.25) is 0 Å². The maximum atomic E-state index is 6.61.